The van der Waals surface area contributed by atoms with Crippen molar-refractivity contribution in [2.75, 3.05) is 24.5 Å². The standard InChI is InChI=1S/C19H31N3/c1-15(2)22-12-8-5-9-18(22)17-13-16(3)19(20-14-17)21-10-6-4-7-11-21/h13-15,18H,4-12H2,1-3H3/t18-/m1/s1. The van der Waals surface area contributed by atoms with Crippen LogP contribution < -0.4 is 4.90 Å². The van der Waals surface area contributed by atoms with Crippen molar-refractivity contribution in [1.82, 2.24) is 9.88 Å². The van der Waals surface area contributed by atoms with Crippen LogP contribution in [0.5, 0.6) is 0 Å². The summed E-state index contributed by atoms with van der Waals surface area (Å²) < 4.78 is 0. The van der Waals surface area contributed by atoms with Gasteiger partial charge in [0.2, 0.25) is 0 Å². The van der Waals surface area contributed by atoms with E-state index in [-0.39, 0.29) is 0 Å². The average Bonchev–Trinajstić information content (AvgIpc) is 2.55. The molecule has 3 heteroatoms. The van der Waals surface area contributed by atoms with Gasteiger partial charge in [-0.1, -0.05) is 6.42 Å². The molecule has 3 heterocycles. The van der Waals surface area contributed by atoms with Crippen LogP contribution in [0.15, 0.2) is 12.3 Å². The minimum Gasteiger partial charge on any atom is -0.356 e. The molecule has 0 spiro atoms. The molecule has 0 N–H and O–H groups in total. The van der Waals surface area contributed by atoms with E-state index in [9.17, 15) is 0 Å². The summed E-state index contributed by atoms with van der Waals surface area (Å²) in [6.45, 7) is 10.5. The first-order chi connectivity index (χ1) is 10.7. The summed E-state index contributed by atoms with van der Waals surface area (Å²) in [4.78, 5) is 10.00. The van der Waals surface area contributed by atoms with Crippen molar-refractivity contribution in [1.29, 1.82) is 0 Å². The number of anilines is 1. The maximum Gasteiger partial charge on any atom is 0.131 e. The molecule has 2 aliphatic rings. The lowest BCUT2D eigenvalue weighted by Crippen LogP contribution is -2.38. The van der Waals surface area contributed by atoms with Gasteiger partial charge in [0.25, 0.3) is 0 Å². The number of hydrogen-bond acceptors (Lipinski definition) is 3. The number of aromatic nitrogens is 1. The van der Waals surface area contributed by atoms with Gasteiger partial charge >= 0.3 is 0 Å². The van der Waals surface area contributed by atoms with Crippen LogP contribution in [-0.4, -0.2) is 35.6 Å². The number of nitrogens with zero attached hydrogens (tertiary/aromatic N) is 3. The molecule has 3 rings (SSSR count). The Hall–Kier alpha value is -1.09. The maximum atomic E-state index is 4.87. The summed E-state index contributed by atoms with van der Waals surface area (Å²) in [6.07, 6.45) is 10.1. The largest absolute Gasteiger partial charge is 0.356 e. The number of likely N-dealkylation sites (tertiary alicyclic amines) is 1. The second-order valence-electron chi connectivity index (χ2n) is 7.30. The van der Waals surface area contributed by atoms with E-state index in [1.165, 1.54) is 75.1 Å². The summed E-state index contributed by atoms with van der Waals surface area (Å²) in [7, 11) is 0. The minimum absolute atomic E-state index is 0.565. The predicted molar refractivity (Wildman–Crippen MR) is 93.5 cm³/mol. The van der Waals surface area contributed by atoms with Gasteiger partial charge in [-0.15, -0.1) is 0 Å². The number of hydrogen-bond donors (Lipinski definition) is 0. The molecule has 0 radical (unpaired) electrons. The van der Waals surface area contributed by atoms with E-state index in [2.05, 4.69) is 42.8 Å². The highest BCUT2D eigenvalue weighted by atomic mass is 15.2. The Kier molecular flexibility index (Phi) is 5.02. The molecule has 0 aliphatic carbocycles. The lowest BCUT2D eigenvalue weighted by atomic mass is 9.94. The Morgan fingerprint density at radius 3 is 2.45 bits per heavy atom. The third-order valence-corrected chi connectivity index (χ3v) is 5.32. The third kappa shape index (κ3) is 3.29. The number of rotatable bonds is 3. The molecule has 0 unspecified atom stereocenters. The summed E-state index contributed by atoms with van der Waals surface area (Å²) >= 11 is 0. The highest BCUT2D eigenvalue weighted by Gasteiger charge is 2.26. The summed E-state index contributed by atoms with van der Waals surface area (Å²) in [5.74, 6) is 1.22. The van der Waals surface area contributed by atoms with Crippen molar-refractivity contribution in [3.8, 4) is 0 Å². The van der Waals surface area contributed by atoms with Gasteiger partial charge in [0, 0.05) is 31.4 Å². The number of pyridine rings is 1. The number of aryl methyl sites for hydroxylation is 1. The van der Waals surface area contributed by atoms with Crippen LogP contribution in [0.2, 0.25) is 0 Å². The second kappa shape index (κ2) is 6.99. The highest BCUT2D eigenvalue weighted by Crippen LogP contribution is 2.34. The Labute approximate surface area is 135 Å². The SMILES string of the molecule is Cc1cc([C@H]2CCCCN2C(C)C)cnc1N1CCCCC1. The summed E-state index contributed by atoms with van der Waals surface area (Å²) in [5, 5.41) is 0. The molecule has 1 aromatic heterocycles. The zero-order valence-corrected chi connectivity index (χ0v) is 14.5. The molecule has 2 aliphatic heterocycles. The monoisotopic (exact) mass is 301 g/mol. The fourth-order valence-electron chi connectivity index (χ4n) is 4.14. The average molecular weight is 301 g/mol. The molecule has 2 fully saturated rings. The Morgan fingerprint density at radius 2 is 1.77 bits per heavy atom. The Morgan fingerprint density at radius 1 is 1.05 bits per heavy atom. The van der Waals surface area contributed by atoms with E-state index >= 15 is 0 Å². The van der Waals surface area contributed by atoms with Gasteiger partial charge in [-0.25, -0.2) is 4.98 Å². The van der Waals surface area contributed by atoms with Crippen LogP contribution >= 0.6 is 0 Å². The molecule has 0 saturated carbocycles. The van der Waals surface area contributed by atoms with Crippen molar-refractivity contribution in [3.63, 3.8) is 0 Å². The normalized spacial score (nSPS) is 24.0. The fourth-order valence-corrected chi connectivity index (χ4v) is 4.14. The van der Waals surface area contributed by atoms with Crippen LogP contribution in [0, 0.1) is 6.92 Å². The highest BCUT2D eigenvalue weighted by molar-refractivity contribution is 5.48. The van der Waals surface area contributed by atoms with E-state index in [4.69, 9.17) is 4.98 Å². The lowest BCUT2D eigenvalue weighted by molar-refractivity contribution is 0.112. The van der Waals surface area contributed by atoms with Crippen LogP contribution in [0.3, 0.4) is 0 Å². The van der Waals surface area contributed by atoms with Crippen LogP contribution in [-0.2, 0) is 0 Å². The quantitative estimate of drug-likeness (QED) is 0.829. The van der Waals surface area contributed by atoms with Crippen LogP contribution in [0.25, 0.3) is 0 Å². The zero-order chi connectivity index (χ0) is 15.5. The minimum atomic E-state index is 0.565. The van der Waals surface area contributed by atoms with Crippen LogP contribution in [0.4, 0.5) is 5.82 Å². The molecule has 2 saturated heterocycles. The molecule has 1 aromatic rings. The van der Waals surface area contributed by atoms with E-state index in [1.54, 1.807) is 0 Å². The first-order valence-electron chi connectivity index (χ1n) is 9.14. The van der Waals surface area contributed by atoms with Crippen molar-refractivity contribution in [2.45, 2.75) is 71.4 Å². The maximum absolute atomic E-state index is 4.87. The van der Waals surface area contributed by atoms with E-state index in [0.29, 0.717) is 12.1 Å². The smallest absolute Gasteiger partial charge is 0.131 e. The third-order valence-electron chi connectivity index (χ3n) is 5.32. The molecule has 1 atom stereocenters. The van der Waals surface area contributed by atoms with Crippen molar-refractivity contribution in [2.24, 2.45) is 0 Å². The molecule has 122 valence electrons. The van der Waals surface area contributed by atoms with Gasteiger partial charge in [-0.2, -0.15) is 0 Å². The first-order valence-corrected chi connectivity index (χ1v) is 9.14. The molecule has 22 heavy (non-hydrogen) atoms. The van der Waals surface area contributed by atoms with Gasteiger partial charge in [-0.3, -0.25) is 4.90 Å². The Bertz CT molecular complexity index is 491. The van der Waals surface area contributed by atoms with E-state index < -0.39 is 0 Å². The molecular formula is C19H31N3. The van der Waals surface area contributed by atoms with Crippen molar-refractivity contribution < 1.29 is 0 Å². The van der Waals surface area contributed by atoms with Crippen molar-refractivity contribution in [3.05, 3.63) is 23.4 Å². The van der Waals surface area contributed by atoms with E-state index in [1.807, 2.05) is 0 Å². The molecule has 3 nitrogen and oxygen atoms in total. The molecule has 0 bridgehead atoms. The van der Waals surface area contributed by atoms with Gasteiger partial charge < -0.3 is 4.90 Å². The fraction of sp³-hybridized carbons (Fsp3) is 0.737. The van der Waals surface area contributed by atoms with Crippen molar-refractivity contribution >= 4 is 5.82 Å². The Balaban J connectivity index is 1.81. The zero-order valence-electron chi connectivity index (χ0n) is 14.5. The van der Waals surface area contributed by atoms with Crippen LogP contribution in [0.1, 0.15) is 69.5 Å². The number of piperidine rings is 2. The van der Waals surface area contributed by atoms with Gasteiger partial charge in [0.1, 0.15) is 5.82 Å². The van der Waals surface area contributed by atoms with Gasteiger partial charge in [0.15, 0.2) is 0 Å². The topological polar surface area (TPSA) is 19.4 Å². The van der Waals surface area contributed by atoms with Gasteiger partial charge in [-0.05, 0) is 76.6 Å². The van der Waals surface area contributed by atoms with Gasteiger partial charge in [0.05, 0.1) is 0 Å². The first kappa shape index (κ1) is 15.8. The predicted octanol–water partition coefficient (Wildman–Crippen LogP) is 4.32. The van der Waals surface area contributed by atoms with E-state index in [0.717, 1.165) is 0 Å². The second-order valence-corrected chi connectivity index (χ2v) is 7.30. The molecular weight excluding hydrogens is 270 g/mol. The lowest BCUT2D eigenvalue weighted by Gasteiger charge is -2.39. The molecule has 0 amide bonds. The summed E-state index contributed by atoms with van der Waals surface area (Å²) in [6, 6.07) is 3.59. The summed E-state index contributed by atoms with van der Waals surface area (Å²) in [5.41, 5.74) is 2.78. The molecule has 0 aromatic carbocycles.